The van der Waals surface area contributed by atoms with Crippen LogP contribution < -0.4 is 5.32 Å². The third-order valence-corrected chi connectivity index (χ3v) is 7.51. The highest BCUT2D eigenvalue weighted by Gasteiger charge is 2.60. The van der Waals surface area contributed by atoms with Crippen molar-refractivity contribution in [1.82, 2.24) is 5.32 Å². The normalized spacial score (nSPS) is 45.3. The third-order valence-electron chi connectivity index (χ3n) is 7.51. The van der Waals surface area contributed by atoms with Crippen molar-refractivity contribution < 1.29 is 94.6 Å². The van der Waals surface area contributed by atoms with E-state index in [9.17, 15) is 70.9 Å². The van der Waals surface area contributed by atoms with E-state index in [2.05, 4.69) is 5.32 Å². The van der Waals surface area contributed by atoms with Crippen molar-refractivity contribution in [3.63, 3.8) is 0 Å². The SMILES string of the molecule is CC(=O)NC1OC(OC2C(O)C(CO)OC(OC3C(CO)OC(O)C(O)C3O)C2O)(C(=O)O)CC(O)C1C(O)C(O)CO. The first-order chi connectivity index (χ1) is 20.1. The lowest BCUT2D eigenvalue weighted by Crippen LogP contribution is -2.69. The van der Waals surface area contributed by atoms with Crippen LogP contribution in [0.4, 0.5) is 0 Å². The number of rotatable bonds is 11. The second kappa shape index (κ2) is 14.6. The highest BCUT2D eigenvalue weighted by molar-refractivity contribution is 5.76. The Kier molecular flexibility index (Phi) is 12.1. The summed E-state index contributed by atoms with van der Waals surface area (Å²) >= 11 is 0. The fourth-order valence-electron chi connectivity index (χ4n) is 5.22. The Morgan fingerprint density at radius 2 is 1.53 bits per heavy atom. The summed E-state index contributed by atoms with van der Waals surface area (Å²) in [5.41, 5.74) is 0. The maximum absolute atomic E-state index is 12.5. The van der Waals surface area contributed by atoms with E-state index in [-0.39, 0.29) is 0 Å². The Labute approximate surface area is 243 Å². The quantitative estimate of drug-likeness (QED) is 0.100. The van der Waals surface area contributed by atoms with Crippen LogP contribution in [0, 0.1) is 5.92 Å². The molecule has 0 radical (unpaired) electrons. The van der Waals surface area contributed by atoms with Gasteiger partial charge in [-0.1, -0.05) is 0 Å². The van der Waals surface area contributed by atoms with Gasteiger partial charge in [-0.3, -0.25) is 4.79 Å². The lowest BCUT2D eigenvalue weighted by Gasteiger charge is -2.50. The highest BCUT2D eigenvalue weighted by Crippen LogP contribution is 2.39. The number of carbonyl (C=O) groups is 2. The lowest BCUT2D eigenvalue weighted by molar-refractivity contribution is -0.386. The van der Waals surface area contributed by atoms with Gasteiger partial charge in [0.1, 0.15) is 61.2 Å². The first-order valence-corrected chi connectivity index (χ1v) is 13.2. The molecule has 0 aromatic heterocycles. The number of hydrogen-bond donors (Lipinski definition) is 13. The molecule has 13 N–H and O–H groups in total. The third kappa shape index (κ3) is 7.41. The number of aliphatic carboxylic acids is 1. The van der Waals surface area contributed by atoms with E-state index < -0.39 is 136 Å². The molecule has 43 heavy (non-hydrogen) atoms. The monoisotopic (exact) mass is 633 g/mol. The molecule has 20 nitrogen and oxygen atoms in total. The number of aliphatic hydroxyl groups is 11. The molecule has 16 unspecified atom stereocenters. The van der Waals surface area contributed by atoms with Crippen molar-refractivity contribution in [2.75, 3.05) is 19.8 Å². The van der Waals surface area contributed by atoms with E-state index in [1.54, 1.807) is 0 Å². The highest BCUT2D eigenvalue weighted by atomic mass is 16.8. The van der Waals surface area contributed by atoms with Gasteiger partial charge in [-0.25, -0.2) is 4.79 Å². The molecule has 3 fully saturated rings. The molecule has 3 rings (SSSR count). The summed E-state index contributed by atoms with van der Waals surface area (Å²) in [6, 6.07) is 0. The van der Waals surface area contributed by atoms with E-state index in [1.165, 1.54) is 0 Å². The number of carboxylic acid groups (broad SMARTS) is 1. The van der Waals surface area contributed by atoms with Crippen LogP contribution in [-0.2, 0) is 33.3 Å². The van der Waals surface area contributed by atoms with Crippen molar-refractivity contribution in [2.45, 2.75) is 105 Å². The minimum atomic E-state index is -2.98. The Morgan fingerprint density at radius 1 is 0.907 bits per heavy atom. The van der Waals surface area contributed by atoms with Gasteiger partial charge in [-0.15, -0.1) is 0 Å². The number of amides is 1. The number of carbonyl (C=O) groups excluding carboxylic acids is 1. The van der Waals surface area contributed by atoms with Crippen molar-refractivity contribution in [3.8, 4) is 0 Å². The van der Waals surface area contributed by atoms with E-state index in [1.807, 2.05) is 0 Å². The van der Waals surface area contributed by atoms with Gasteiger partial charge in [-0.2, -0.15) is 0 Å². The van der Waals surface area contributed by atoms with E-state index in [0.29, 0.717) is 0 Å². The maximum Gasteiger partial charge on any atom is 0.364 e. The first kappa shape index (κ1) is 35.8. The Balaban J connectivity index is 1.93. The molecule has 3 aliphatic heterocycles. The Hall–Kier alpha value is -1.70. The van der Waals surface area contributed by atoms with Crippen LogP contribution in [-0.4, -0.2) is 185 Å². The summed E-state index contributed by atoms with van der Waals surface area (Å²) in [6.07, 6.45) is -27.5. The van der Waals surface area contributed by atoms with Crippen molar-refractivity contribution in [2.24, 2.45) is 5.92 Å². The predicted octanol–water partition coefficient (Wildman–Crippen LogP) is -8.02. The summed E-state index contributed by atoms with van der Waals surface area (Å²) in [7, 11) is 0. The molecule has 0 aromatic rings. The lowest BCUT2D eigenvalue weighted by atomic mass is 9.83. The van der Waals surface area contributed by atoms with Gasteiger partial charge in [0.25, 0.3) is 5.79 Å². The molecule has 0 aromatic carbocycles. The Bertz CT molecular complexity index is 942. The number of nitrogens with one attached hydrogen (secondary N) is 1. The van der Waals surface area contributed by atoms with Gasteiger partial charge in [0, 0.05) is 13.3 Å². The van der Waals surface area contributed by atoms with Gasteiger partial charge in [0.15, 0.2) is 12.6 Å². The molecule has 1 amide bonds. The molecule has 20 heteroatoms. The largest absolute Gasteiger partial charge is 0.477 e. The van der Waals surface area contributed by atoms with Crippen LogP contribution >= 0.6 is 0 Å². The summed E-state index contributed by atoms with van der Waals surface area (Å²) < 4.78 is 26.8. The number of ether oxygens (including phenoxy) is 5. The molecule has 0 bridgehead atoms. The maximum atomic E-state index is 12.5. The average molecular weight is 634 g/mol. The van der Waals surface area contributed by atoms with E-state index in [0.717, 1.165) is 6.92 Å². The molecule has 0 saturated carbocycles. The van der Waals surface area contributed by atoms with Gasteiger partial charge < -0.3 is 90.3 Å². The zero-order chi connectivity index (χ0) is 32.4. The summed E-state index contributed by atoms with van der Waals surface area (Å²) in [5, 5.41) is 124. The number of hydrogen-bond acceptors (Lipinski definition) is 18. The smallest absolute Gasteiger partial charge is 0.364 e. The van der Waals surface area contributed by atoms with Crippen molar-refractivity contribution in [3.05, 3.63) is 0 Å². The molecule has 250 valence electrons. The molecular weight excluding hydrogens is 594 g/mol. The van der Waals surface area contributed by atoms with Crippen molar-refractivity contribution >= 4 is 11.9 Å². The second-order valence-electron chi connectivity index (χ2n) is 10.5. The zero-order valence-electron chi connectivity index (χ0n) is 22.7. The summed E-state index contributed by atoms with van der Waals surface area (Å²) in [6.45, 7) is -1.82. The van der Waals surface area contributed by atoms with E-state index in [4.69, 9.17) is 23.7 Å². The van der Waals surface area contributed by atoms with Gasteiger partial charge in [0.2, 0.25) is 5.91 Å². The van der Waals surface area contributed by atoms with Crippen LogP contribution in [0.2, 0.25) is 0 Å². The van der Waals surface area contributed by atoms with Crippen LogP contribution in [0.1, 0.15) is 13.3 Å². The topological polar surface area (TPSA) is 335 Å². The fourth-order valence-corrected chi connectivity index (χ4v) is 5.22. The number of carboxylic acids is 1. The van der Waals surface area contributed by atoms with Crippen molar-refractivity contribution in [1.29, 1.82) is 0 Å². The van der Waals surface area contributed by atoms with Crippen LogP contribution in [0.25, 0.3) is 0 Å². The molecule has 3 heterocycles. The van der Waals surface area contributed by atoms with Gasteiger partial charge in [0.05, 0.1) is 37.9 Å². The summed E-state index contributed by atoms with van der Waals surface area (Å²) in [4.78, 5) is 24.4. The molecule has 0 spiro atoms. The molecule has 0 aliphatic carbocycles. The predicted molar refractivity (Wildman–Crippen MR) is 130 cm³/mol. The number of aliphatic hydroxyl groups excluding tert-OH is 11. The molecule has 3 saturated heterocycles. The standard InChI is InChI=1S/C23H39NO19/c1-6(28)24-19-11(12(31)8(30)3-25)7(29)2-23(43-19,22(37)38)42-18-13(32)9(4-26)40-21(16(18)35)41-17-10(5-27)39-20(36)15(34)14(17)33/h7-21,25-27,29-36H,2-5H2,1H3,(H,24,28)(H,37,38). The Morgan fingerprint density at radius 3 is 2.07 bits per heavy atom. The minimum Gasteiger partial charge on any atom is -0.477 e. The van der Waals surface area contributed by atoms with Crippen LogP contribution in [0.15, 0.2) is 0 Å². The zero-order valence-corrected chi connectivity index (χ0v) is 22.7. The molecule has 3 aliphatic rings. The first-order valence-electron chi connectivity index (χ1n) is 13.2. The van der Waals surface area contributed by atoms with Gasteiger partial charge >= 0.3 is 5.97 Å². The second-order valence-corrected chi connectivity index (χ2v) is 10.5. The molecule has 16 atom stereocenters. The molecular formula is C23H39NO19. The van der Waals surface area contributed by atoms with Crippen LogP contribution in [0.5, 0.6) is 0 Å². The van der Waals surface area contributed by atoms with Crippen LogP contribution in [0.3, 0.4) is 0 Å². The minimum absolute atomic E-state index is 0.840. The fraction of sp³-hybridized carbons (Fsp3) is 0.913. The van der Waals surface area contributed by atoms with E-state index >= 15 is 0 Å². The van der Waals surface area contributed by atoms with Gasteiger partial charge in [-0.05, 0) is 0 Å². The summed E-state index contributed by atoms with van der Waals surface area (Å²) in [5.74, 6) is -7.39. The average Bonchev–Trinajstić information content (AvgIpc) is 2.95.